The number of ether oxygens (including phenoxy) is 2. The molecule has 172 valence electrons. The van der Waals surface area contributed by atoms with Crippen LogP contribution in [-0.4, -0.2) is 17.3 Å². The molecule has 0 spiro atoms. The lowest BCUT2D eigenvalue weighted by Crippen LogP contribution is -2.23. The van der Waals surface area contributed by atoms with Crippen LogP contribution in [0.3, 0.4) is 0 Å². The van der Waals surface area contributed by atoms with E-state index in [4.69, 9.17) is 13.9 Å². The Labute approximate surface area is 198 Å². The number of benzene rings is 2. The first-order chi connectivity index (χ1) is 16.7. The Morgan fingerprint density at radius 2 is 1.82 bits per heavy atom. The second-order valence-electron chi connectivity index (χ2n) is 8.83. The average molecular weight is 455 g/mol. The largest absolute Gasteiger partial charge is 0.465 e. The maximum Gasteiger partial charge on any atom is 0.231 e. The van der Waals surface area contributed by atoms with Gasteiger partial charge in [0.1, 0.15) is 11.5 Å². The number of hydrogen-bond acceptors (Lipinski definition) is 4. The molecular formula is C28H26N2O4. The summed E-state index contributed by atoms with van der Waals surface area (Å²) >= 11 is 0. The lowest BCUT2D eigenvalue weighted by Gasteiger charge is -2.21. The summed E-state index contributed by atoms with van der Waals surface area (Å²) in [7, 11) is 0. The van der Waals surface area contributed by atoms with Crippen molar-refractivity contribution in [2.75, 3.05) is 6.79 Å². The Bertz CT molecular complexity index is 1380. The Balaban J connectivity index is 1.32. The molecule has 1 N–H and O–H groups in total. The van der Waals surface area contributed by atoms with Gasteiger partial charge in [-0.15, -0.1) is 0 Å². The van der Waals surface area contributed by atoms with Gasteiger partial charge in [-0.2, -0.15) is 0 Å². The zero-order valence-corrected chi connectivity index (χ0v) is 19.1. The normalized spacial score (nSPS) is 13.4. The molecular weight excluding hydrogens is 428 g/mol. The van der Waals surface area contributed by atoms with Gasteiger partial charge in [-0.1, -0.05) is 24.3 Å². The van der Waals surface area contributed by atoms with Crippen molar-refractivity contribution in [2.45, 2.75) is 39.2 Å². The SMILES string of the molecule is Cc1ccc(CNC(=O)CCc2cc3c(n2-c2ccc4c(c2)OCO4)-c2ccccc2CC3)o1. The summed E-state index contributed by atoms with van der Waals surface area (Å²) in [5.74, 6) is 3.13. The van der Waals surface area contributed by atoms with Crippen molar-refractivity contribution >= 4 is 5.91 Å². The monoisotopic (exact) mass is 454 g/mol. The number of amides is 1. The highest BCUT2D eigenvalue weighted by Crippen LogP contribution is 2.40. The molecule has 1 aliphatic heterocycles. The molecule has 1 aliphatic carbocycles. The number of furan rings is 1. The van der Waals surface area contributed by atoms with Crippen LogP contribution in [0.1, 0.15) is 34.8 Å². The first-order valence-corrected chi connectivity index (χ1v) is 11.7. The summed E-state index contributed by atoms with van der Waals surface area (Å²) in [5.41, 5.74) is 7.27. The molecule has 0 bridgehead atoms. The molecule has 6 heteroatoms. The molecule has 4 aromatic rings. The fourth-order valence-corrected chi connectivity index (χ4v) is 4.94. The molecule has 1 amide bonds. The minimum absolute atomic E-state index is 0.00543. The highest BCUT2D eigenvalue weighted by molar-refractivity contribution is 5.77. The standard InChI is InChI=1S/C28H26N2O4/c1-18-6-11-23(34-18)16-29-27(31)13-10-21-14-20-8-7-19-4-2-3-5-24(19)28(20)30(21)22-9-12-25-26(15-22)33-17-32-25/h2-6,9,11-12,14-15H,7-8,10,13,16-17H2,1H3,(H,29,31). The van der Waals surface area contributed by atoms with Crippen LogP contribution in [0.4, 0.5) is 0 Å². The third kappa shape index (κ3) is 3.75. The van der Waals surface area contributed by atoms with Crippen molar-refractivity contribution < 1.29 is 18.7 Å². The van der Waals surface area contributed by atoms with Crippen molar-refractivity contribution in [1.29, 1.82) is 0 Å². The van der Waals surface area contributed by atoms with Gasteiger partial charge in [0, 0.05) is 29.4 Å². The van der Waals surface area contributed by atoms with Crippen LogP contribution in [-0.2, 0) is 30.6 Å². The van der Waals surface area contributed by atoms with E-state index in [9.17, 15) is 4.79 Å². The smallest absolute Gasteiger partial charge is 0.231 e. The Morgan fingerprint density at radius 3 is 2.71 bits per heavy atom. The minimum atomic E-state index is 0.00543. The van der Waals surface area contributed by atoms with E-state index in [2.05, 4.69) is 46.3 Å². The van der Waals surface area contributed by atoms with Crippen molar-refractivity contribution in [3.63, 3.8) is 0 Å². The molecule has 0 atom stereocenters. The first-order valence-electron chi connectivity index (χ1n) is 11.7. The molecule has 2 aromatic carbocycles. The summed E-state index contributed by atoms with van der Waals surface area (Å²) < 4.78 is 19.0. The summed E-state index contributed by atoms with van der Waals surface area (Å²) in [4.78, 5) is 12.6. The van der Waals surface area contributed by atoms with E-state index in [-0.39, 0.29) is 12.7 Å². The van der Waals surface area contributed by atoms with Gasteiger partial charge in [0.2, 0.25) is 12.7 Å². The van der Waals surface area contributed by atoms with E-state index in [1.165, 1.54) is 22.4 Å². The van der Waals surface area contributed by atoms with Crippen molar-refractivity contribution in [1.82, 2.24) is 9.88 Å². The lowest BCUT2D eigenvalue weighted by atomic mass is 9.90. The number of aryl methyl sites for hydroxylation is 4. The topological polar surface area (TPSA) is 65.6 Å². The number of nitrogens with zero attached hydrogens (tertiary/aromatic N) is 1. The number of fused-ring (bicyclic) bond motifs is 4. The van der Waals surface area contributed by atoms with E-state index in [1.54, 1.807) is 0 Å². The van der Waals surface area contributed by atoms with Crippen molar-refractivity contribution in [2.24, 2.45) is 0 Å². The summed E-state index contributed by atoms with van der Waals surface area (Å²) in [5, 5.41) is 2.97. The van der Waals surface area contributed by atoms with Gasteiger partial charge in [-0.25, -0.2) is 0 Å². The van der Waals surface area contributed by atoms with E-state index >= 15 is 0 Å². The number of rotatable bonds is 6. The van der Waals surface area contributed by atoms with Crippen LogP contribution in [0.2, 0.25) is 0 Å². The predicted octanol–water partition coefficient (Wildman–Crippen LogP) is 5.12. The van der Waals surface area contributed by atoms with Crippen LogP contribution in [0.25, 0.3) is 16.9 Å². The molecule has 0 unspecified atom stereocenters. The van der Waals surface area contributed by atoms with Crippen LogP contribution in [0, 0.1) is 6.92 Å². The van der Waals surface area contributed by atoms with E-state index in [1.807, 2.05) is 31.2 Å². The van der Waals surface area contributed by atoms with Crippen LogP contribution in [0.15, 0.2) is 65.1 Å². The molecule has 0 saturated heterocycles. The zero-order chi connectivity index (χ0) is 23.1. The maximum atomic E-state index is 12.6. The quantitative estimate of drug-likeness (QED) is 0.439. The van der Waals surface area contributed by atoms with Gasteiger partial charge in [0.15, 0.2) is 11.5 Å². The predicted molar refractivity (Wildman–Crippen MR) is 128 cm³/mol. The van der Waals surface area contributed by atoms with Gasteiger partial charge < -0.3 is 23.8 Å². The average Bonchev–Trinajstić information content (AvgIpc) is 3.58. The third-order valence-electron chi connectivity index (χ3n) is 6.57. The third-order valence-corrected chi connectivity index (χ3v) is 6.57. The highest BCUT2D eigenvalue weighted by atomic mass is 16.7. The van der Waals surface area contributed by atoms with Gasteiger partial charge in [0.25, 0.3) is 0 Å². The number of aromatic nitrogens is 1. The molecule has 2 aromatic heterocycles. The van der Waals surface area contributed by atoms with Gasteiger partial charge in [-0.05, 0) is 67.6 Å². The Hall–Kier alpha value is -3.93. The van der Waals surface area contributed by atoms with Crippen LogP contribution in [0.5, 0.6) is 11.5 Å². The summed E-state index contributed by atoms with van der Waals surface area (Å²) in [6.07, 6.45) is 3.04. The van der Waals surface area contributed by atoms with E-state index < -0.39 is 0 Å². The number of nitrogens with one attached hydrogen (secondary N) is 1. The molecule has 2 aliphatic rings. The molecule has 3 heterocycles. The Morgan fingerprint density at radius 1 is 0.971 bits per heavy atom. The Kier molecular flexibility index (Phi) is 5.13. The highest BCUT2D eigenvalue weighted by Gasteiger charge is 2.25. The lowest BCUT2D eigenvalue weighted by molar-refractivity contribution is -0.121. The van der Waals surface area contributed by atoms with Crippen molar-refractivity contribution in [3.8, 4) is 28.4 Å². The molecule has 34 heavy (non-hydrogen) atoms. The van der Waals surface area contributed by atoms with Gasteiger partial charge >= 0.3 is 0 Å². The fraction of sp³-hybridized carbons (Fsp3) is 0.250. The van der Waals surface area contributed by atoms with E-state index in [0.29, 0.717) is 19.4 Å². The molecule has 0 saturated carbocycles. The molecule has 6 nitrogen and oxygen atoms in total. The maximum absolute atomic E-state index is 12.6. The summed E-state index contributed by atoms with van der Waals surface area (Å²) in [6, 6.07) is 20.7. The van der Waals surface area contributed by atoms with Gasteiger partial charge in [0.05, 0.1) is 12.2 Å². The number of carbonyl (C=O) groups excluding carboxylic acids is 1. The fourth-order valence-electron chi connectivity index (χ4n) is 4.94. The molecule has 0 fully saturated rings. The molecule has 6 rings (SSSR count). The number of hydrogen-bond donors (Lipinski definition) is 1. The van der Waals surface area contributed by atoms with Gasteiger partial charge in [-0.3, -0.25) is 4.79 Å². The number of carbonyl (C=O) groups is 1. The van der Waals surface area contributed by atoms with Crippen LogP contribution < -0.4 is 14.8 Å². The van der Waals surface area contributed by atoms with E-state index in [0.717, 1.165) is 47.2 Å². The second-order valence-corrected chi connectivity index (χ2v) is 8.83. The first kappa shape index (κ1) is 20.7. The minimum Gasteiger partial charge on any atom is -0.465 e. The molecule has 0 radical (unpaired) electrons. The van der Waals surface area contributed by atoms with Crippen LogP contribution >= 0.6 is 0 Å². The zero-order valence-electron chi connectivity index (χ0n) is 19.1. The summed E-state index contributed by atoms with van der Waals surface area (Å²) in [6.45, 7) is 2.54. The van der Waals surface area contributed by atoms with Crippen molar-refractivity contribution in [3.05, 3.63) is 89.0 Å². The second kappa shape index (κ2) is 8.45.